The maximum atomic E-state index is 12.6. The van der Waals surface area contributed by atoms with Gasteiger partial charge in [-0.15, -0.1) is 0 Å². The molecule has 0 radical (unpaired) electrons. The molecule has 1 aromatic heterocycles. The van der Waals surface area contributed by atoms with Gasteiger partial charge in [0.1, 0.15) is 5.54 Å². The van der Waals surface area contributed by atoms with Crippen LogP contribution < -0.4 is 5.73 Å². The summed E-state index contributed by atoms with van der Waals surface area (Å²) in [5.74, 6) is -0.128. The number of aryl methyl sites for hydroxylation is 1. The van der Waals surface area contributed by atoms with Crippen molar-refractivity contribution in [2.45, 2.75) is 25.9 Å². The Kier molecular flexibility index (Phi) is 4.38. The molecule has 0 aliphatic rings. The number of pyridine rings is 1. The number of likely N-dealkylation sites (N-methyl/N-ethyl adjacent to an activating group) is 1. The highest BCUT2D eigenvalue weighted by Crippen LogP contribution is 2.20. The van der Waals surface area contributed by atoms with Crippen LogP contribution in [-0.2, 0) is 16.9 Å². The number of benzene rings is 1. The Morgan fingerprint density at radius 3 is 2.48 bits per heavy atom. The zero-order valence-electron chi connectivity index (χ0n) is 12.7. The van der Waals surface area contributed by atoms with Crippen molar-refractivity contribution in [1.29, 1.82) is 0 Å². The normalized spacial score (nSPS) is 13.5. The second kappa shape index (κ2) is 6.06. The van der Waals surface area contributed by atoms with Crippen molar-refractivity contribution in [2.75, 3.05) is 7.05 Å². The summed E-state index contributed by atoms with van der Waals surface area (Å²) >= 11 is 0. The third kappa shape index (κ3) is 3.47. The van der Waals surface area contributed by atoms with Crippen LogP contribution in [0.3, 0.4) is 0 Å². The zero-order valence-corrected chi connectivity index (χ0v) is 12.7. The lowest BCUT2D eigenvalue weighted by molar-refractivity contribution is -0.136. The number of amides is 1. The van der Waals surface area contributed by atoms with Crippen LogP contribution in [0.5, 0.6) is 0 Å². The van der Waals surface area contributed by atoms with E-state index in [1.165, 1.54) is 0 Å². The van der Waals surface area contributed by atoms with Gasteiger partial charge in [0, 0.05) is 12.7 Å². The van der Waals surface area contributed by atoms with Crippen LogP contribution in [0.2, 0.25) is 0 Å². The number of hydrogen-bond donors (Lipinski definition) is 1. The number of aromatic nitrogens is 1. The molecule has 1 heterocycles. The van der Waals surface area contributed by atoms with E-state index in [1.807, 2.05) is 55.5 Å². The quantitative estimate of drug-likeness (QED) is 0.936. The highest BCUT2D eigenvalue weighted by molar-refractivity contribution is 5.86. The fraction of sp³-hybridized carbons (Fsp3) is 0.294. The van der Waals surface area contributed by atoms with E-state index in [4.69, 9.17) is 5.73 Å². The van der Waals surface area contributed by atoms with Crippen LogP contribution in [0.4, 0.5) is 0 Å². The van der Waals surface area contributed by atoms with Gasteiger partial charge >= 0.3 is 0 Å². The lowest BCUT2D eigenvalue weighted by Crippen LogP contribution is -2.49. The summed E-state index contributed by atoms with van der Waals surface area (Å²) in [6, 6.07) is 15.2. The van der Waals surface area contributed by atoms with Crippen molar-refractivity contribution < 1.29 is 4.79 Å². The Balaban J connectivity index is 2.15. The van der Waals surface area contributed by atoms with Crippen molar-refractivity contribution in [3.05, 3.63) is 65.5 Å². The topological polar surface area (TPSA) is 59.2 Å². The number of hydrogen-bond acceptors (Lipinski definition) is 3. The van der Waals surface area contributed by atoms with Gasteiger partial charge < -0.3 is 10.6 Å². The van der Waals surface area contributed by atoms with Crippen LogP contribution in [0, 0.1) is 6.92 Å². The first-order chi connectivity index (χ1) is 9.91. The molecular formula is C17H21N3O. The van der Waals surface area contributed by atoms with E-state index in [-0.39, 0.29) is 5.91 Å². The van der Waals surface area contributed by atoms with E-state index in [1.54, 1.807) is 18.9 Å². The van der Waals surface area contributed by atoms with Gasteiger partial charge in [0.25, 0.3) is 0 Å². The predicted molar refractivity (Wildman–Crippen MR) is 83.4 cm³/mol. The molecule has 110 valence electrons. The third-order valence-corrected chi connectivity index (χ3v) is 3.51. The molecule has 1 aromatic carbocycles. The minimum atomic E-state index is -1.04. The molecule has 0 aliphatic heterocycles. The van der Waals surface area contributed by atoms with Crippen molar-refractivity contribution in [2.24, 2.45) is 5.73 Å². The largest absolute Gasteiger partial charge is 0.338 e. The van der Waals surface area contributed by atoms with Crippen LogP contribution in [-0.4, -0.2) is 22.8 Å². The summed E-state index contributed by atoms with van der Waals surface area (Å²) in [5, 5.41) is 0. The molecule has 2 N–H and O–H groups in total. The fourth-order valence-electron chi connectivity index (χ4n) is 2.31. The van der Waals surface area contributed by atoms with E-state index in [9.17, 15) is 4.79 Å². The second-order valence-electron chi connectivity index (χ2n) is 5.50. The summed E-state index contributed by atoms with van der Waals surface area (Å²) in [6.45, 7) is 4.12. The fourth-order valence-corrected chi connectivity index (χ4v) is 2.31. The molecular weight excluding hydrogens is 262 g/mol. The molecule has 0 saturated carbocycles. The van der Waals surface area contributed by atoms with Gasteiger partial charge in [0.2, 0.25) is 5.91 Å². The van der Waals surface area contributed by atoms with Gasteiger partial charge in [-0.25, -0.2) is 0 Å². The number of nitrogens with two attached hydrogens (primary N) is 1. The minimum absolute atomic E-state index is 0.128. The number of rotatable bonds is 4. The number of carbonyl (C=O) groups is 1. The van der Waals surface area contributed by atoms with Crippen LogP contribution in [0.25, 0.3) is 0 Å². The molecule has 0 aliphatic carbocycles. The maximum Gasteiger partial charge on any atom is 0.247 e. The van der Waals surface area contributed by atoms with Crippen LogP contribution >= 0.6 is 0 Å². The molecule has 4 heteroatoms. The standard InChI is InChI=1S/C17H21N3O/c1-13-8-7-11-15(19-13)12-20(3)16(21)17(2,18)14-9-5-4-6-10-14/h4-11H,12,18H2,1-3H3. The van der Waals surface area contributed by atoms with Gasteiger partial charge in [-0.1, -0.05) is 36.4 Å². The second-order valence-corrected chi connectivity index (χ2v) is 5.50. The van der Waals surface area contributed by atoms with Gasteiger partial charge in [-0.3, -0.25) is 9.78 Å². The Labute approximate surface area is 125 Å². The van der Waals surface area contributed by atoms with Crippen LogP contribution in [0.1, 0.15) is 23.9 Å². The van der Waals surface area contributed by atoms with Gasteiger partial charge in [0.15, 0.2) is 0 Å². The number of nitrogens with zero attached hydrogens (tertiary/aromatic N) is 2. The minimum Gasteiger partial charge on any atom is -0.338 e. The summed E-state index contributed by atoms with van der Waals surface area (Å²) in [5.41, 5.74) is 7.81. The smallest absolute Gasteiger partial charge is 0.247 e. The molecule has 2 aromatic rings. The van der Waals surface area contributed by atoms with Gasteiger partial charge in [-0.2, -0.15) is 0 Å². The van der Waals surface area contributed by atoms with E-state index in [2.05, 4.69) is 4.98 Å². The van der Waals surface area contributed by atoms with Gasteiger partial charge in [-0.05, 0) is 31.5 Å². The first-order valence-corrected chi connectivity index (χ1v) is 6.94. The van der Waals surface area contributed by atoms with E-state index in [0.717, 1.165) is 17.0 Å². The van der Waals surface area contributed by atoms with E-state index >= 15 is 0 Å². The summed E-state index contributed by atoms with van der Waals surface area (Å²) in [4.78, 5) is 18.7. The molecule has 0 bridgehead atoms. The average Bonchev–Trinajstić information content (AvgIpc) is 2.47. The van der Waals surface area contributed by atoms with Crippen LogP contribution in [0.15, 0.2) is 48.5 Å². The lowest BCUT2D eigenvalue weighted by Gasteiger charge is -2.29. The van der Waals surface area contributed by atoms with Crippen molar-refractivity contribution in [3.63, 3.8) is 0 Å². The lowest BCUT2D eigenvalue weighted by atomic mass is 9.92. The highest BCUT2D eigenvalue weighted by atomic mass is 16.2. The van der Waals surface area contributed by atoms with Crippen molar-refractivity contribution in [1.82, 2.24) is 9.88 Å². The van der Waals surface area contributed by atoms with E-state index < -0.39 is 5.54 Å². The van der Waals surface area contributed by atoms with Gasteiger partial charge in [0.05, 0.1) is 12.2 Å². The Morgan fingerprint density at radius 1 is 1.19 bits per heavy atom. The third-order valence-electron chi connectivity index (χ3n) is 3.51. The average molecular weight is 283 g/mol. The Bertz CT molecular complexity index is 623. The molecule has 2 rings (SSSR count). The highest BCUT2D eigenvalue weighted by Gasteiger charge is 2.33. The molecule has 0 saturated heterocycles. The summed E-state index contributed by atoms with van der Waals surface area (Å²) in [6.07, 6.45) is 0. The number of carbonyl (C=O) groups excluding carboxylic acids is 1. The molecule has 1 atom stereocenters. The monoisotopic (exact) mass is 283 g/mol. The molecule has 1 amide bonds. The molecule has 0 spiro atoms. The molecule has 4 nitrogen and oxygen atoms in total. The van der Waals surface area contributed by atoms with E-state index in [0.29, 0.717) is 6.54 Å². The SMILES string of the molecule is Cc1cccc(CN(C)C(=O)C(C)(N)c2ccccc2)n1. The zero-order chi connectivity index (χ0) is 15.5. The summed E-state index contributed by atoms with van der Waals surface area (Å²) in [7, 11) is 1.75. The predicted octanol–water partition coefficient (Wildman–Crippen LogP) is 2.22. The van der Waals surface area contributed by atoms with Crippen molar-refractivity contribution >= 4 is 5.91 Å². The molecule has 0 fully saturated rings. The Morgan fingerprint density at radius 2 is 1.86 bits per heavy atom. The first kappa shape index (κ1) is 15.2. The summed E-state index contributed by atoms with van der Waals surface area (Å²) < 4.78 is 0. The first-order valence-electron chi connectivity index (χ1n) is 6.94. The maximum absolute atomic E-state index is 12.6. The molecule has 1 unspecified atom stereocenters. The van der Waals surface area contributed by atoms with Crippen molar-refractivity contribution in [3.8, 4) is 0 Å². The molecule has 21 heavy (non-hydrogen) atoms. The Hall–Kier alpha value is -2.20.